The summed E-state index contributed by atoms with van der Waals surface area (Å²) in [7, 11) is 0. The van der Waals surface area contributed by atoms with Crippen molar-refractivity contribution >= 4 is 11.6 Å². The van der Waals surface area contributed by atoms with E-state index >= 15 is 0 Å². The Kier molecular flexibility index (Phi) is 3.39. The number of H-pyrrole nitrogens is 1. The minimum atomic E-state index is -0.552. The van der Waals surface area contributed by atoms with E-state index in [1.54, 1.807) is 11.4 Å². The average Bonchev–Trinajstić information content (AvgIpc) is 2.69. The summed E-state index contributed by atoms with van der Waals surface area (Å²) in [6.07, 6.45) is 0. The van der Waals surface area contributed by atoms with E-state index in [9.17, 15) is 9.59 Å². The molecule has 0 aliphatic rings. The molecule has 0 radical (unpaired) electrons. The monoisotopic (exact) mass is 263 g/mol. The second-order valence-corrected chi connectivity index (χ2v) is 4.58. The Balaban J connectivity index is 2.37. The van der Waals surface area contributed by atoms with Crippen LogP contribution in [0.15, 0.2) is 10.9 Å². The van der Waals surface area contributed by atoms with E-state index in [1.807, 2.05) is 13.8 Å². The van der Waals surface area contributed by atoms with E-state index in [4.69, 9.17) is 5.73 Å². The van der Waals surface area contributed by atoms with E-state index in [2.05, 4.69) is 15.4 Å². The van der Waals surface area contributed by atoms with Gasteiger partial charge in [-0.3, -0.25) is 14.7 Å². The van der Waals surface area contributed by atoms with Gasteiger partial charge in [-0.1, -0.05) is 0 Å². The van der Waals surface area contributed by atoms with Crippen LogP contribution in [0.2, 0.25) is 0 Å². The number of amides is 1. The lowest BCUT2D eigenvalue weighted by Gasteiger charge is -2.13. The molecule has 7 nitrogen and oxygen atoms in total. The summed E-state index contributed by atoms with van der Waals surface area (Å²) < 4.78 is 1.61. The molecular weight excluding hydrogens is 246 g/mol. The van der Waals surface area contributed by atoms with Crippen molar-refractivity contribution in [3.05, 3.63) is 33.4 Å². The predicted octanol–water partition coefficient (Wildman–Crippen LogP) is -0.397. The normalized spacial score (nSPS) is 12.6. The van der Waals surface area contributed by atoms with E-state index in [0.29, 0.717) is 12.2 Å². The summed E-state index contributed by atoms with van der Waals surface area (Å²) in [6, 6.07) is 0.883. The topological polar surface area (TPSA) is 105 Å². The van der Waals surface area contributed by atoms with Crippen LogP contribution in [0.4, 0.5) is 0 Å². The number of aryl methyl sites for hydroxylation is 2. The molecule has 0 saturated heterocycles. The van der Waals surface area contributed by atoms with Crippen molar-refractivity contribution in [3.63, 3.8) is 0 Å². The molecule has 0 aromatic carbocycles. The van der Waals surface area contributed by atoms with Gasteiger partial charge in [0, 0.05) is 29.6 Å². The molecule has 0 bridgehead atoms. The van der Waals surface area contributed by atoms with Crippen LogP contribution in [-0.2, 0) is 11.3 Å². The minimum absolute atomic E-state index is 0.202. The van der Waals surface area contributed by atoms with Crippen LogP contribution in [0.25, 0.3) is 5.65 Å². The highest BCUT2D eigenvalue weighted by molar-refractivity contribution is 5.80. The zero-order valence-electron chi connectivity index (χ0n) is 11.2. The van der Waals surface area contributed by atoms with Crippen LogP contribution >= 0.6 is 0 Å². The van der Waals surface area contributed by atoms with Crippen molar-refractivity contribution in [3.8, 4) is 0 Å². The van der Waals surface area contributed by atoms with Gasteiger partial charge in [0.25, 0.3) is 5.56 Å². The number of hydrogen-bond donors (Lipinski definition) is 3. The number of nitrogens with zero attached hydrogens (tertiary/aromatic N) is 2. The number of hydrogen-bond acceptors (Lipinski definition) is 4. The largest absolute Gasteiger partial charge is 0.351 e. The molecule has 2 aromatic heterocycles. The van der Waals surface area contributed by atoms with Crippen LogP contribution in [0, 0.1) is 13.8 Å². The molecule has 1 atom stereocenters. The van der Waals surface area contributed by atoms with Gasteiger partial charge in [-0.2, -0.15) is 0 Å². The van der Waals surface area contributed by atoms with Crippen molar-refractivity contribution in [1.29, 1.82) is 0 Å². The maximum Gasteiger partial charge on any atom is 0.266 e. The molecule has 0 aliphatic heterocycles. The van der Waals surface area contributed by atoms with Crippen molar-refractivity contribution in [2.75, 3.05) is 0 Å². The lowest BCUT2D eigenvalue weighted by atomic mass is 10.1. The third kappa shape index (κ3) is 2.50. The summed E-state index contributed by atoms with van der Waals surface area (Å²) >= 11 is 0. The van der Waals surface area contributed by atoms with Crippen molar-refractivity contribution in [1.82, 2.24) is 19.9 Å². The highest BCUT2D eigenvalue weighted by Crippen LogP contribution is 2.12. The maximum absolute atomic E-state index is 11.5. The summed E-state index contributed by atoms with van der Waals surface area (Å²) in [5.74, 6) is -0.222. The second-order valence-electron chi connectivity index (χ2n) is 4.58. The fraction of sp³-hybridized carbons (Fsp3) is 0.417. The SMILES string of the molecule is Cc1nc2cc(=O)[nH]n2c(C)c1CNC(=O)C(C)N. The van der Waals surface area contributed by atoms with Gasteiger partial charge in [-0.05, 0) is 20.8 Å². The first-order valence-electron chi connectivity index (χ1n) is 6.01. The quantitative estimate of drug-likeness (QED) is 0.700. The molecule has 7 heteroatoms. The molecule has 2 aromatic rings. The molecule has 1 unspecified atom stereocenters. The Morgan fingerprint density at radius 3 is 2.89 bits per heavy atom. The molecule has 0 spiro atoms. The molecule has 4 N–H and O–H groups in total. The zero-order valence-corrected chi connectivity index (χ0v) is 11.2. The standard InChI is InChI=1S/C12H17N5O2/c1-6(13)12(19)14-5-9-7(2)15-10-4-11(18)16-17(10)8(9)3/h4,6H,5,13H2,1-3H3,(H,14,19)(H,16,18). The molecule has 2 heterocycles. The summed E-state index contributed by atoms with van der Waals surface area (Å²) in [6.45, 7) is 5.67. The Labute approximate surface area is 109 Å². The first-order valence-corrected chi connectivity index (χ1v) is 6.01. The van der Waals surface area contributed by atoms with Crippen LogP contribution in [0.3, 0.4) is 0 Å². The number of fused-ring (bicyclic) bond motifs is 1. The third-order valence-corrected chi connectivity index (χ3v) is 3.06. The Morgan fingerprint density at radius 1 is 1.58 bits per heavy atom. The Bertz CT molecular complexity index is 683. The van der Waals surface area contributed by atoms with Crippen LogP contribution < -0.4 is 16.6 Å². The van der Waals surface area contributed by atoms with E-state index < -0.39 is 6.04 Å². The summed E-state index contributed by atoms with van der Waals surface area (Å²) in [4.78, 5) is 27.1. The van der Waals surface area contributed by atoms with Gasteiger partial charge in [-0.25, -0.2) is 9.50 Å². The van der Waals surface area contributed by atoms with Crippen molar-refractivity contribution in [2.24, 2.45) is 5.73 Å². The minimum Gasteiger partial charge on any atom is -0.351 e. The van der Waals surface area contributed by atoms with E-state index in [-0.39, 0.29) is 11.5 Å². The lowest BCUT2D eigenvalue weighted by Crippen LogP contribution is -2.38. The van der Waals surface area contributed by atoms with Gasteiger partial charge in [0.05, 0.1) is 6.04 Å². The Hall–Kier alpha value is -2.15. The van der Waals surface area contributed by atoms with Gasteiger partial charge in [0.1, 0.15) is 0 Å². The number of rotatable bonds is 3. The first-order chi connectivity index (χ1) is 8.90. The van der Waals surface area contributed by atoms with Crippen LogP contribution in [0.5, 0.6) is 0 Å². The van der Waals surface area contributed by atoms with Gasteiger partial charge >= 0.3 is 0 Å². The number of carbonyl (C=O) groups is 1. The molecule has 2 rings (SSSR count). The van der Waals surface area contributed by atoms with Crippen LogP contribution in [-0.4, -0.2) is 26.5 Å². The molecular formula is C12H17N5O2. The van der Waals surface area contributed by atoms with Crippen molar-refractivity contribution in [2.45, 2.75) is 33.4 Å². The molecule has 0 saturated carbocycles. The number of nitrogens with one attached hydrogen (secondary N) is 2. The highest BCUT2D eigenvalue weighted by Gasteiger charge is 2.13. The maximum atomic E-state index is 11.5. The molecule has 102 valence electrons. The average molecular weight is 263 g/mol. The van der Waals surface area contributed by atoms with E-state index in [0.717, 1.165) is 17.0 Å². The van der Waals surface area contributed by atoms with Gasteiger partial charge in [-0.15, -0.1) is 0 Å². The molecule has 0 aliphatic carbocycles. The van der Waals surface area contributed by atoms with Crippen LogP contribution in [0.1, 0.15) is 23.9 Å². The van der Waals surface area contributed by atoms with Gasteiger partial charge in [0.15, 0.2) is 5.65 Å². The van der Waals surface area contributed by atoms with Crippen molar-refractivity contribution < 1.29 is 4.79 Å². The van der Waals surface area contributed by atoms with Gasteiger partial charge < -0.3 is 11.1 Å². The zero-order chi connectivity index (χ0) is 14.2. The highest BCUT2D eigenvalue weighted by atomic mass is 16.2. The molecule has 19 heavy (non-hydrogen) atoms. The summed E-state index contributed by atoms with van der Waals surface area (Å²) in [5.41, 5.74) is 8.35. The molecule has 1 amide bonds. The van der Waals surface area contributed by atoms with E-state index in [1.165, 1.54) is 6.07 Å². The number of nitrogens with two attached hydrogens (primary N) is 1. The Morgan fingerprint density at radius 2 is 2.26 bits per heavy atom. The summed E-state index contributed by atoms with van der Waals surface area (Å²) in [5, 5.41) is 5.41. The third-order valence-electron chi connectivity index (χ3n) is 3.06. The second kappa shape index (κ2) is 4.85. The molecule has 0 fully saturated rings. The number of aromatic nitrogens is 3. The number of aromatic amines is 1. The fourth-order valence-corrected chi connectivity index (χ4v) is 1.95. The van der Waals surface area contributed by atoms with Gasteiger partial charge in [0.2, 0.25) is 5.91 Å². The smallest absolute Gasteiger partial charge is 0.266 e. The number of carbonyl (C=O) groups excluding carboxylic acids is 1. The predicted molar refractivity (Wildman–Crippen MR) is 70.8 cm³/mol. The first kappa shape index (κ1) is 13.3. The fourth-order valence-electron chi connectivity index (χ4n) is 1.95. The lowest BCUT2D eigenvalue weighted by molar-refractivity contribution is -0.122.